The zero-order valence-electron chi connectivity index (χ0n) is 9.66. The molecular formula is C14H16FNO. The molecule has 0 saturated carbocycles. The molecule has 90 valence electrons. The predicted octanol–water partition coefficient (Wildman–Crippen LogP) is 2.54. The third-order valence-electron chi connectivity index (χ3n) is 3.95. The van der Waals surface area contributed by atoms with E-state index in [4.69, 9.17) is 0 Å². The summed E-state index contributed by atoms with van der Waals surface area (Å²) in [5.74, 6) is -0.133. The number of halogens is 1. The maximum absolute atomic E-state index is 13.1. The summed E-state index contributed by atoms with van der Waals surface area (Å²) in [4.78, 5) is 12.3. The number of rotatable bonds is 2. The Morgan fingerprint density at radius 1 is 1.24 bits per heavy atom. The summed E-state index contributed by atoms with van der Waals surface area (Å²) in [7, 11) is 0. The lowest BCUT2D eigenvalue weighted by Gasteiger charge is -2.28. The number of hydrogen-bond donors (Lipinski definition) is 1. The zero-order chi connectivity index (χ0) is 11.8. The van der Waals surface area contributed by atoms with Gasteiger partial charge in [0.05, 0.1) is 0 Å². The third-order valence-corrected chi connectivity index (χ3v) is 3.95. The summed E-state index contributed by atoms with van der Waals surface area (Å²) in [6.45, 7) is 0. The molecule has 0 radical (unpaired) electrons. The average molecular weight is 233 g/mol. The van der Waals surface area contributed by atoms with Crippen molar-refractivity contribution in [3.63, 3.8) is 0 Å². The van der Waals surface area contributed by atoms with Gasteiger partial charge in [0.15, 0.2) is 5.78 Å². The van der Waals surface area contributed by atoms with Crippen molar-refractivity contribution in [2.75, 3.05) is 0 Å². The summed E-state index contributed by atoms with van der Waals surface area (Å²) in [6.07, 6.45) is 4.17. The van der Waals surface area contributed by atoms with E-state index < -0.39 is 0 Å². The Labute approximate surface area is 100 Å². The normalized spacial score (nSPS) is 31.5. The van der Waals surface area contributed by atoms with Crippen LogP contribution < -0.4 is 5.32 Å². The van der Waals surface area contributed by atoms with Crippen LogP contribution in [0.2, 0.25) is 0 Å². The van der Waals surface area contributed by atoms with Crippen molar-refractivity contribution in [2.45, 2.75) is 37.8 Å². The van der Waals surface area contributed by atoms with Gasteiger partial charge in [-0.25, -0.2) is 4.39 Å². The maximum atomic E-state index is 13.1. The molecule has 1 aromatic rings. The second-order valence-electron chi connectivity index (χ2n) is 5.18. The molecule has 2 unspecified atom stereocenters. The minimum Gasteiger partial charge on any atom is -0.311 e. The van der Waals surface area contributed by atoms with Crippen molar-refractivity contribution < 1.29 is 9.18 Å². The molecule has 2 aliphatic rings. The fourth-order valence-electron chi connectivity index (χ4n) is 3.15. The van der Waals surface area contributed by atoms with Crippen molar-refractivity contribution in [3.05, 3.63) is 35.6 Å². The quantitative estimate of drug-likeness (QED) is 0.795. The first-order chi connectivity index (χ1) is 8.22. The van der Waals surface area contributed by atoms with Gasteiger partial charge in [-0.15, -0.1) is 0 Å². The molecule has 17 heavy (non-hydrogen) atoms. The SMILES string of the molecule is O=C(c1cccc(F)c1)C1CC2CCC(C1)N2. The highest BCUT2D eigenvalue weighted by molar-refractivity contribution is 5.98. The lowest BCUT2D eigenvalue weighted by Crippen LogP contribution is -2.40. The number of piperidine rings is 1. The Balaban J connectivity index is 1.78. The highest BCUT2D eigenvalue weighted by Crippen LogP contribution is 2.32. The fraction of sp³-hybridized carbons (Fsp3) is 0.500. The van der Waals surface area contributed by atoms with Gasteiger partial charge in [0.1, 0.15) is 5.82 Å². The van der Waals surface area contributed by atoms with E-state index in [-0.39, 0.29) is 17.5 Å². The molecule has 3 rings (SSSR count). The summed E-state index contributed by atoms with van der Waals surface area (Å²) in [5.41, 5.74) is 0.524. The van der Waals surface area contributed by atoms with E-state index in [1.54, 1.807) is 12.1 Å². The number of hydrogen-bond acceptors (Lipinski definition) is 2. The van der Waals surface area contributed by atoms with E-state index in [1.165, 1.54) is 25.0 Å². The number of carbonyl (C=O) groups excluding carboxylic acids is 1. The Morgan fingerprint density at radius 3 is 2.59 bits per heavy atom. The number of nitrogens with one attached hydrogen (secondary N) is 1. The van der Waals surface area contributed by atoms with Crippen LogP contribution in [0.1, 0.15) is 36.0 Å². The van der Waals surface area contributed by atoms with Crippen LogP contribution in [0.4, 0.5) is 4.39 Å². The van der Waals surface area contributed by atoms with Gasteiger partial charge in [-0.3, -0.25) is 4.79 Å². The van der Waals surface area contributed by atoms with E-state index in [9.17, 15) is 9.18 Å². The first-order valence-corrected chi connectivity index (χ1v) is 6.28. The van der Waals surface area contributed by atoms with Gasteiger partial charge < -0.3 is 5.32 Å². The van der Waals surface area contributed by atoms with Crippen molar-refractivity contribution in [3.8, 4) is 0 Å². The maximum Gasteiger partial charge on any atom is 0.166 e. The minimum absolute atomic E-state index is 0.0792. The second-order valence-corrected chi connectivity index (χ2v) is 5.18. The van der Waals surface area contributed by atoms with Gasteiger partial charge in [-0.1, -0.05) is 12.1 Å². The molecule has 2 nitrogen and oxygen atoms in total. The third kappa shape index (κ3) is 2.12. The average Bonchev–Trinajstić information content (AvgIpc) is 2.67. The number of ketones is 1. The molecule has 2 saturated heterocycles. The van der Waals surface area contributed by atoms with Crippen LogP contribution in [0.5, 0.6) is 0 Å². The molecule has 1 N–H and O–H groups in total. The molecule has 3 heteroatoms. The van der Waals surface area contributed by atoms with Gasteiger partial charge in [0.25, 0.3) is 0 Å². The fourth-order valence-corrected chi connectivity index (χ4v) is 3.15. The summed E-state index contributed by atoms with van der Waals surface area (Å²) in [6, 6.07) is 7.05. The summed E-state index contributed by atoms with van der Waals surface area (Å²) in [5, 5.41) is 3.51. The highest BCUT2D eigenvalue weighted by Gasteiger charge is 2.36. The topological polar surface area (TPSA) is 29.1 Å². The monoisotopic (exact) mass is 233 g/mol. The van der Waals surface area contributed by atoms with Crippen molar-refractivity contribution in [1.29, 1.82) is 0 Å². The van der Waals surface area contributed by atoms with Crippen LogP contribution in [0.3, 0.4) is 0 Å². The lowest BCUT2D eigenvalue weighted by atomic mass is 9.86. The largest absolute Gasteiger partial charge is 0.311 e. The van der Waals surface area contributed by atoms with E-state index in [0.29, 0.717) is 17.6 Å². The molecule has 2 heterocycles. The molecule has 0 aliphatic carbocycles. The molecule has 0 aromatic heterocycles. The van der Waals surface area contributed by atoms with Crippen molar-refractivity contribution in [1.82, 2.24) is 5.32 Å². The number of Topliss-reactive ketones (excluding diaryl/α,β-unsaturated/α-hetero) is 1. The lowest BCUT2D eigenvalue weighted by molar-refractivity contribution is 0.0875. The molecule has 0 spiro atoms. The molecule has 1 aromatic carbocycles. The Kier molecular flexibility index (Phi) is 2.71. The van der Waals surface area contributed by atoms with Gasteiger partial charge in [0, 0.05) is 23.6 Å². The first-order valence-electron chi connectivity index (χ1n) is 6.28. The minimum atomic E-state index is -0.326. The van der Waals surface area contributed by atoms with Crippen molar-refractivity contribution >= 4 is 5.78 Å². The number of carbonyl (C=O) groups is 1. The van der Waals surface area contributed by atoms with E-state index in [1.807, 2.05) is 0 Å². The van der Waals surface area contributed by atoms with Crippen LogP contribution in [-0.4, -0.2) is 17.9 Å². The Bertz CT molecular complexity index is 434. The molecule has 2 fully saturated rings. The highest BCUT2D eigenvalue weighted by atomic mass is 19.1. The first kappa shape index (κ1) is 10.9. The van der Waals surface area contributed by atoms with E-state index >= 15 is 0 Å². The number of fused-ring (bicyclic) bond motifs is 2. The summed E-state index contributed by atoms with van der Waals surface area (Å²) < 4.78 is 13.1. The van der Waals surface area contributed by atoms with Gasteiger partial charge in [-0.05, 0) is 37.8 Å². The van der Waals surface area contributed by atoms with Crippen LogP contribution in [0.15, 0.2) is 24.3 Å². The van der Waals surface area contributed by atoms with Gasteiger partial charge in [-0.2, -0.15) is 0 Å². The van der Waals surface area contributed by atoms with Crippen molar-refractivity contribution in [2.24, 2.45) is 5.92 Å². The Hall–Kier alpha value is -1.22. The molecule has 0 amide bonds. The summed E-state index contributed by atoms with van der Waals surface area (Å²) >= 11 is 0. The van der Waals surface area contributed by atoms with Crippen LogP contribution in [0, 0.1) is 11.7 Å². The van der Waals surface area contributed by atoms with Gasteiger partial charge >= 0.3 is 0 Å². The van der Waals surface area contributed by atoms with Crippen LogP contribution in [-0.2, 0) is 0 Å². The number of benzene rings is 1. The molecule has 2 atom stereocenters. The molecule has 2 bridgehead atoms. The van der Waals surface area contributed by atoms with Crippen LogP contribution >= 0.6 is 0 Å². The van der Waals surface area contributed by atoms with E-state index in [2.05, 4.69) is 5.32 Å². The van der Waals surface area contributed by atoms with Crippen LogP contribution in [0.25, 0.3) is 0 Å². The molecule has 2 aliphatic heterocycles. The smallest absolute Gasteiger partial charge is 0.166 e. The molecular weight excluding hydrogens is 217 g/mol. The standard InChI is InChI=1S/C14H16FNO/c15-11-3-1-2-9(6-11)14(17)10-7-12-4-5-13(8-10)16-12/h1-3,6,10,12-13,16H,4-5,7-8H2. The predicted molar refractivity (Wildman–Crippen MR) is 63.4 cm³/mol. The van der Waals surface area contributed by atoms with Gasteiger partial charge in [0.2, 0.25) is 0 Å². The zero-order valence-corrected chi connectivity index (χ0v) is 9.66. The van der Waals surface area contributed by atoms with E-state index in [0.717, 1.165) is 12.8 Å². The second kappa shape index (κ2) is 4.22. The Morgan fingerprint density at radius 2 is 1.94 bits per heavy atom.